The average Bonchev–Trinajstić information content (AvgIpc) is 2.66. The summed E-state index contributed by atoms with van der Waals surface area (Å²) >= 11 is 13.4. The Morgan fingerprint density at radius 3 is 2.32 bits per heavy atom. The second kappa shape index (κ2) is 8.51. The van der Waals surface area contributed by atoms with E-state index in [-0.39, 0.29) is 16.2 Å². The maximum absolute atomic E-state index is 6.72. The number of methoxy groups -OCH3 is 2. The molecule has 152 valence electrons. The van der Waals surface area contributed by atoms with Gasteiger partial charge in [0.2, 0.25) is 0 Å². The standard InChI is InChI=1S/C23H29Cl2NO2/c1-23(2,3)17-8-6-14(21(24)22(17)25)7-9-18-16-13-20(28-5)19(27-4)12-15(16)10-11-26-18/h6,8,12-13,21-22H,7,9-11H2,1-5H3. The molecule has 0 saturated heterocycles. The Hall–Kier alpha value is -1.45. The van der Waals surface area contributed by atoms with Gasteiger partial charge in [-0.1, -0.05) is 38.5 Å². The first-order valence-corrected chi connectivity index (χ1v) is 10.6. The highest BCUT2D eigenvalue weighted by atomic mass is 35.5. The van der Waals surface area contributed by atoms with Crippen LogP contribution in [0.15, 0.2) is 40.4 Å². The summed E-state index contributed by atoms with van der Waals surface area (Å²) in [6.07, 6.45) is 6.89. The molecule has 0 saturated carbocycles. The molecule has 0 amide bonds. The van der Waals surface area contributed by atoms with Gasteiger partial charge < -0.3 is 9.47 Å². The van der Waals surface area contributed by atoms with Gasteiger partial charge in [-0.2, -0.15) is 0 Å². The number of rotatable bonds is 5. The van der Waals surface area contributed by atoms with Crippen LogP contribution in [-0.2, 0) is 6.42 Å². The van der Waals surface area contributed by atoms with Crippen LogP contribution in [0.4, 0.5) is 0 Å². The van der Waals surface area contributed by atoms with Crippen molar-refractivity contribution in [2.45, 2.75) is 50.8 Å². The second-order valence-corrected chi connectivity index (χ2v) is 9.30. The highest BCUT2D eigenvalue weighted by molar-refractivity contribution is 6.32. The SMILES string of the molecule is COc1cc2c(cc1OC)C(CCC1=CC=C(C(C)(C)C)C(Cl)C1Cl)=NCC2. The van der Waals surface area contributed by atoms with Crippen LogP contribution in [0.2, 0.25) is 0 Å². The van der Waals surface area contributed by atoms with Crippen LogP contribution in [0.25, 0.3) is 0 Å². The lowest BCUT2D eigenvalue weighted by atomic mass is 9.79. The first kappa shape index (κ1) is 21.3. The van der Waals surface area contributed by atoms with Crippen LogP contribution in [0.5, 0.6) is 11.5 Å². The number of fused-ring (bicyclic) bond motifs is 1. The molecular formula is C23H29Cl2NO2. The second-order valence-electron chi connectivity index (χ2n) is 8.36. The number of halogens is 2. The number of benzene rings is 1. The molecule has 1 aromatic carbocycles. The molecule has 3 nitrogen and oxygen atoms in total. The van der Waals surface area contributed by atoms with Gasteiger partial charge in [0.15, 0.2) is 11.5 Å². The fourth-order valence-corrected chi connectivity index (χ4v) is 4.76. The van der Waals surface area contributed by atoms with Gasteiger partial charge in [0.1, 0.15) is 0 Å². The van der Waals surface area contributed by atoms with Gasteiger partial charge >= 0.3 is 0 Å². The van der Waals surface area contributed by atoms with E-state index in [2.05, 4.69) is 39.0 Å². The topological polar surface area (TPSA) is 30.8 Å². The molecule has 2 atom stereocenters. The Balaban J connectivity index is 1.80. The molecule has 0 spiro atoms. The fourth-order valence-electron chi connectivity index (χ4n) is 3.88. The van der Waals surface area contributed by atoms with Crippen molar-refractivity contribution in [3.05, 3.63) is 46.6 Å². The third kappa shape index (κ3) is 4.26. The van der Waals surface area contributed by atoms with Gasteiger partial charge in [-0.15, -0.1) is 23.2 Å². The van der Waals surface area contributed by atoms with Crippen LogP contribution in [-0.4, -0.2) is 37.2 Å². The summed E-state index contributed by atoms with van der Waals surface area (Å²) in [5.41, 5.74) is 5.89. The molecule has 0 bridgehead atoms. The van der Waals surface area contributed by atoms with Crippen molar-refractivity contribution in [2.75, 3.05) is 20.8 Å². The zero-order valence-corrected chi connectivity index (χ0v) is 18.8. The summed E-state index contributed by atoms with van der Waals surface area (Å²) < 4.78 is 10.9. The van der Waals surface area contributed by atoms with E-state index in [9.17, 15) is 0 Å². The molecule has 1 heterocycles. The number of aliphatic imine (C=N–C) groups is 1. The third-order valence-electron chi connectivity index (χ3n) is 5.51. The van der Waals surface area contributed by atoms with E-state index in [0.29, 0.717) is 0 Å². The number of ether oxygens (including phenoxy) is 2. The number of hydrogen-bond acceptors (Lipinski definition) is 3. The van der Waals surface area contributed by atoms with Gasteiger partial charge in [-0.3, -0.25) is 4.99 Å². The summed E-state index contributed by atoms with van der Waals surface area (Å²) in [7, 11) is 3.33. The van der Waals surface area contributed by atoms with Gasteiger partial charge in [0, 0.05) is 17.8 Å². The number of nitrogens with zero attached hydrogens (tertiary/aromatic N) is 1. The van der Waals surface area contributed by atoms with Crippen molar-refractivity contribution < 1.29 is 9.47 Å². The Morgan fingerprint density at radius 1 is 1.00 bits per heavy atom. The van der Waals surface area contributed by atoms with Gasteiger partial charge in [0.25, 0.3) is 0 Å². The maximum Gasteiger partial charge on any atom is 0.161 e. The van der Waals surface area contributed by atoms with E-state index in [0.717, 1.165) is 48.6 Å². The molecule has 2 aliphatic rings. The van der Waals surface area contributed by atoms with E-state index in [1.807, 2.05) is 6.07 Å². The summed E-state index contributed by atoms with van der Waals surface area (Å²) in [6, 6.07) is 4.11. The van der Waals surface area contributed by atoms with Crippen LogP contribution in [0.1, 0.15) is 44.7 Å². The lowest BCUT2D eigenvalue weighted by Crippen LogP contribution is -2.29. The van der Waals surface area contributed by atoms with Crippen molar-refractivity contribution in [2.24, 2.45) is 10.4 Å². The minimum atomic E-state index is -0.185. The lowest BCUT2D eigenvalue weighted by molar-refractivity contribution is 0.354. The molecule has 2 unspecified atom stereocenters. The molecule has 0 fully saturated rings. The first-order valence-electron chi connectivity index (χ1n) is 9.74. The van der Waals surface area contributed by atoms with Gasteiger partial charge in [0.05, 0.1) is 25.0 Å². The maximum atomic E-state index is 6.72. The number of allylic oxidation sites excluding steroid dienone is 4. The minimum Gasteiger partial charge on any atom is -0.493 e. The highest BCUT2D eigenvalue weighted by Crippen LogP contribution is 2.40. The molecule has 0 N–H and O–H groups in total. The zero-order chi connectivity index (χ0) is 20.5. The zero-order valence-electron chi connectivity index (χ0n) is 17.3. The predicted octanol–water partition coefficient (Wildman–Crippen LogP) is 5.96. The minimum absolute atomic E-state index is 0.0174. The summed E-state index contributed by atoms with van der Waals surface area (Å²) in [5.74, 6) is 1.50. The summed E-state index contributed by atoms with van der Waals surface area (Å²) in [4.78, 5) is 4.79. The van der Waals surface area contributed by atoms with E-state index < -0.39 is 0 Å². The molecule has 3 rings (SSSR count). The quantitative estimate of drug-likeness (QED) is 0.549. The smallest absolute Gasteiger partial charge is 0.161 e. The van der Waals surface area contributed by atoms with Crippen molar-refractivity contribution in [3.63, 3.8) is 0 Å². The van der Waals surface area contributed by atoms with E-state index in [4.69, 9.17) is 37.7 Å². The van der Waals surface area contributed by atoms with Crippen molar-refractivity contribution in [1.82, 2.24) is 0 Å². The fraction of sp³-hybridized carbons (Fsp3) is 0.522. The lowest BCUT2D eigenvalue weighted by Gasteiger charge is -2.33. The molecule has 1 aliphatic heterocycles. The highest BCUT2D eigenvalue weighted by Gasteiger charge is 2.33. The van der Waals surface area contributed by atoms with E-state index in [1.165, 1.54) is 16.7 Å². The average molecular weight is 422 g/mol. The Labute approximate surface area is 178 Å². The molecule has 1 aromatic rings. The number of alkyl halides is 2. The molecule has 0 aromatic heterocycles. The Kier molecular flexibility index (Phi) is 6.46. The summed E-state index contributed by atoms with van der Waals surface area (Å²) in [5, 5.41) is -0.360. The normalized spacial score (nSPS) is 22.0. The molecule has 1 aliphatic carbocycles. The molecule has 5 heteroatoms. The van der Waals surface area contributed by atoms with Crippen molar-refractivity contribution >= 4 is 28.9 Å². The van der Waals surface area contributed by atoms with Crippen LogP contribution >= 0.6 is 23.2 Å². The van der Waals surface area contributed by atoms with Gasteiger partial charge in [-0.05, 0) is 47.9 Å². The van der Waals surface area contributed by atoms with E-state index >= 15 is 0 Å². The van der Waals surface area contributed by atoms with Crippen LogP contribution < -0.4 is 9.47 Å². The Morgan fingerprint density at radius 2 is 1.68 bits per heavy atom. The first-order chi connectivity index (χ1) is 13.3. The number of hydrogen-bond donors (Lipinski definition) is 0. The Bertz CT molecular complexity index is 834. The van der Waals surface area contributed by atoms with Crippen LogP contribution in [0, 0.1) is 5.41 Å². The largest absolute Gasteiger partial charge is 0.493 e. The van der Waals surface area contributed by atoms with Crippen molar-refractivity contribution in [1.29, 1.82) is 0 Å². The molecule has 28 heavy (non-hydrogen) atoms. The third-order valence-corrected chi connectivity index (χ3v) is 6.65. The molecular weight excluding hydrogens is 393 g/mol. The van der Waals surface area contributed by atoms with Gasteiger partial charge in [-0.25, -0.2) is 0 Å². The van der Waals surface area contributed by atoms with Crippen LogP contribution in [0.3, 0.4) is 0 Å². The summed E-state index contributed by atoms with van der Waals surface area (Å²) in [6.45, 7) is 7.32. The monoisotopic (exact) mass is 421 g/mol. The molecule has 0 radical (unpaired) electrons. The van der Waals surface area contributed by atoms with E-state index in [1.54, 1.807) is 14.2 Å². The van der Waals surface area contributed by atoms with Crippen molar-refractivity contribution in [3.8, 4) is 11.5 Å². The predicted molar refractivity (Wildman–Crippen MR) is 119 cm³/mol.